The fraction of sp³-hybridized carbons (Fsp3) is 0.500. The van der Waals surface area contributed by atoms with Crippen molar-refractivity contribution in [1.29, 1.82) is 0 Å². The van der Waals surface area contributed by atoms with Gasteiger partial charge < -0.3 is 4.90 Å². The molecule has 1 aliphatic carbocycles. The minimum Gasteiger partial charge on any atom is -0.335 e. The summed E-state index contributed by atoms with van der Waals surface area (Å²) in [4.78, 5) is 19.6. The number of hydrogen-bond acceptors (Lipinski definition) is 5. The summed E-state index contributed by atoms with van der Waals surface area (Å²) in [5, 5.41) is 0.662. The van der Waals surface area contributed by atoms with Gasteiger partial charge in [0.2, 0.25) is 15.9 Å². The molecule has 32 heavy (non-hydrogen) atoms. The quantitative estimate of drug-likeness (QED) is 0.511. The molecule has 0 N–H and O–H groups in total. The molecule has 1 saturated carbocycles. The first-order valence-corrected chi connectivity index (χ1v) is 13.8. The van der Waals surface area contributed by atoms with Crippen molar-refractivity contribution in [1.82, 2.24) is 14.2 Å². The summed E-state index contributed by atoms with van der Waals surface area (Å²) < 4.78 is 27.1. The van der Waals surface area contributed by atoms with Gasteiger partial charge in [0.05, 0.1) is 10.8 Å². The summed E-state index contributed by atoms with van der Waals surface area (Å²) in [5.74, 6) is 0.963. The van der Waals surface area contributed by atoms with Gasteiger partial charge in [-0.2, -0.15) is 4.31 Å². The molecule has 1 amide bonds. The third-order valence-corrected chi connectivity index (χ3v) is 9.13. The van der Waals surface area contributed by atoms with E-state index in [1.165, 1.54) is 30.8 Å². The second kappa shape index (κ2) is 10.4. The van der Waals surface area contributed by atoms with Gasteiger partial charge in [0.25, 0.3) is 0 Å². The summed E-state index contributed by atoms with van der Waals surface area (Å²) in [5.41, 5.74) is 1.13. The second-order valence-electron chi connectivity index (χ2n) is 8.67. The van der Waals surface area contributed by atoms with E-state index in [0.29, 0.717) is 30.6 Å². The highest BCUT2D eigenvalue weighted by Gasteiger charge is 2.34. The Kier molecular flexibility index (Phi) is 7.53. The van der Waals surface area contributed by atoms with Gasteiger partial charge in [-0.05, 0) is 56.2 Å². The maximum Gasteiger partial charge on any atom is 0.244 e. The first-order chi connectivity index (χ1) is 15.4. The van der Waals surface area contributed by atoms with Crippen LogP contribution in [0.4, 0.5) is 0 Å². The van der Waals surface area contributed by atoms with Crippen molar-refractivity contribution in [2.45, 2.75) is 61.5 Å². The van der Waals surface area contributed by atoms with E-state index in [-0.39, 0.29) is 22.6 Å². The first kappa shape index (κ1) is 23.3. The predicted octanol–water partition coefficient (Wildman–Crippen LogP) is 4.18. The van der Waals surface area contributed by atoms with E-state index >= 15 is 0 Å². The van der Waals surface area contributed by atoms with Crippen LogP contribution >= 0.6 is 11.8 Å². The number of amides is 1. The Hall–Kier alpha value is -1.90. The van der Waals surface area contributed by atoms with Crippen LogP contribution in [0.3, 0.4) is 0 Å². The Morgan fingerprint density at radius 1 is 1.12 bits per heavy atom. The van der Waals surface area contributed by atoms with Crippen LogP contribution in [0.25, 0.3) is 0 Å². The Bertz CT molecular complexity index is 1000. The van der Waals surface area contributed by atoms with Crippen molar-refractivity contribution in [3.8, 4) is 0 Å². The van der Waals surface area contributed by atoms with Crippen LogP contribution in [0.2, 0.25) is 0 Å². The number of carbonyl (C=O) groups excluding carboxylic acids is 1. The topological polar surface area (TPSA) is 70.6 Å². The zero-order valence-corrected chi connectivity index (χ0v) is 20.2. The SMILES string of the molecule is CC(C1CC1)N(Cc1ccccc1)C(=O)CSc1ccc(S(=O)(=O)N2CCCCC2)cn1. The molecule has 4 rings (SSSR count). The Balaban J connectivity index is 1.38. The van der Waals surface area contributed by atoms with Crippen LogP contribution in [0.15, 0.2) is 58.6 Å². The molecule has 1 saturated heterocycles. The Labute approximate surface area is 195 Å². The summed E-state index contributed by atoms with van der Waals surface area (Å²) in [6, 6.07) is 13.6. The molecular weight excluding hydrogens is 442 g/mol. The van der Waals surface area contributed by atoms with Gasteiger partial charge in [-0.1, -0.05) is 48.5 Å². The number of pyridine rings is 1. The minimum absolute atomic E-state index is 0.0880. The number of aromatic nitrogens is 1. The van der Waals surface area contributed by atoms with Crippen LogP contribution < -0.4 is 0 Å². The molecule has 1 aromatic heterocycles. The normalized spacial score (nSPS) is 18.3. The van der Waals surface area contributed by atoms with Crippen molar-refractivity contribution in [3.63, 3.8) is 0 Å². The van der Waals surface area contributed by atoms with Gasteiger partial charge in [0.15, 0.2) is 0 Å². The van der Waals surface area contributed by atoms with Gasteiger partial charge in [-0.15, -0.1) is 0 Å². The number of nitrogens with zero attached hydrogens (tertiary/aromatic N) is 3. The minimum atomic E-state index is -3.49. The van der Waals surface area contributed by atoms with Gasteiger partial charge >= 0.3 is 0 Å². The van der Waals surface area contributed by atoms with Gasteiger partial charge in [-0.25, -0.2) is 13.4 Å². The fourth-order valence-electron chi connectivity index (χ4n) is 4.15. The van der Waals surface area contributed by atoms with Crippen molar-refractivity contribution >= 4 is 27.7 Å². The molecule has 8 heteroatoms. The lowest BCUT2D eigenvalue weighted by atomic mass is 10.1. The molecule has 0 spiro atoms. The number of piperidine rings is 1. The Morgan fingerprint density at radius 3 is 2.47 bits per heavy atom. The number of thioether (sulfide) groups is 1. The molecule has 0 radical (unpaired) electrons. The van der Waals surface area contributed by atoms with Gasteiger partial charge in [0.1, 0.15) is 4.90 Å². The van der Waals surface area contributed by atoms with Crippen LogP contribution in [0, 0.1) is 5.92 Å². The standard InChI is InChI=1S/C24H31N3O3S2/c1-19(21-10-11-21)27(17-20-8-4-2-5-9-20)24(28)18-31-23-13-12-22(16-25-23)32(29,30)26-14-6-3-7-15-26/h2,4-5,8-9,12-13,16,19,21H,3,6-7,10-11,14-15,17-18H2,1H3. The molecule has 0 bridgehead atoms. The summed E-state index contributed by atoms with van der Waals surface area (Å²) in [6.45, 7) is 3.90. The predicted molar refractivity (Wildman–Crippen MR) is 127 cm³/mol. The maximum absolute atomic E-state index is 13.1. The average molecular weight is 474 g/mol. The van der Waals surface area contributed by atoms with E-state index in [2.05, 4.69) is 24.0 Å². The van der Waals surface area contributed by atoms with E-state index < -0.39 is 10.0 Å². The van der Waals surface area contributed by atoms with E-state index in [1.807, 2.05) is 23.1 Å². The largest absolute Gasteiger partial charge is 0.335 e. The number of sulfonamides is 1. The van der Waals surface area contributed by atoms with Crippen LogP contribution in [0.1, 0.15) is 44.6 Å². The molecule has 1 atom stereocenters. The lowest BCUT2D eigenvalue weighted by Gasteiger charge is -2.29. The van der Waals surface area contributed by atoms with Gasteiger partial charge in [0, 0.05) is 31.9 Å². The fourth-order valence-corrected chi connectivity index (χ4v) is 6.34. The lowest BCUT2D eigenvalue weighted by molar-refractivity contribution is -0.131. The highest BCUT2D eigenvalue weighted by molar-refractivity contribution is 7.99. The lowest BCUT2D eigenvalue weighted by Crippen LogP contribution is -2.40. The summed E-state index contributed by atoms with van der Waals surface area (Å²) in [6.07, 6.45) is 6.67. The molecule has 1 unspecified atom stereocenters. The van der Waals surface area contributed by atoms with Crippen LogP contribution in [-0.4, -0.2) is 53.4 Å². The van der Waals surface area contributed by atoms with E-state index in [0.717, 1.165) is 24.8 Å². The molecule has 172 valence electrons. The van der Waals surface area contributed by atoms with Crippen molar-refractivity contribution in [3.05, 3.63) is 54.2 Å². The number of carbonyl (C=O) groups is 1. The second-order valence-corrected chi connectivity index (χ2v) is 11.6. The molecule has 2 aliphatic rings. The Morgan fingerprint density at radius 2 is 1.84 bits per heavy atom. The molecular formula is C24H31N3O3S2. The highest BCUT2D eigenvalue weighted by atomic mass is 32.2. The summed E-state index contributed by atoms with van der Waals surface area (Å²) in [7, 11) is -3.49. The molecule has 1 aromatic carbocycles. The molecule has 2 heterocycles. The maximum atomic E-state index is 13.1. The third kappa shape index (κ3) is 5.71. The van der Waals surface area contributed by atoms with E-state index in [4.69, 9.17) is 0 Å². The van der Waals surface area contributed by atoms with Crippen molar-refractivity contribution < 1.29 is 13.2 Å². The van der Waals surface area contributed by atoms with Crippen LogP contribution in [0.5, 0.6) is 0 Å². The first-order valence-electron chi connectivity index (χ1n) is 11.4. The molecule has 1 aliphatic heterocycles. The van der Waals surface area contributed by atoms with E-state index in [1.54, 1.807) is 16.4 Å². The van der Waals surface area contributed by atoms with Crippen molar-refractivity contribution in [2.24, 2.45) is 5.92 Å². The van der Waals surface area contributed by atoms with Crippen molar-refractivity contribution in [2.75, 3.05) is 18.8 Å². The molecule has 6 nitrogen and oxygen atoms in total. The van der Waals surface area contributed by atoms with Crippen LogP contribution in [-0.2, 0) is 21.4 Å². The smallest absolute Gasteiger partial charge is 0.244 e. The zero-order chi connectivity index (χ0) is 22.6. The third-order valence-electron chi connectivity index (χ3n) is 6.32. The summed E-state index contributed by atoms with van der Waals surface area (Å²) >= 11 is 1.36. The van der Waals surface area contributed by atoms with E-state index in [9.17, 15) is 13.2 Å². The zero-order valence-electron chi connectivity index (χ0n) is 18.5. The molecule has 2 aromatic rings. The van der Waals surface area contributed by atoms with Gasteiger partial charge in [-0.3, -0.25) is 4.79 Å². The number of hydrogen-bond donors (Lipinski definition) is 0. The average Bonchev–Trinajstić information content (AvgIpc) is 3.68. The monoisotopic (exact) mass is 473 g/mol. The number of benzene rings is 1. The molecule has 2 fully saturated rings. The number of rotatable bonds is 9. The highest BCUT2D eigenvalue weighted by Crippen LogP contribution is 2.36.